The van der Waals surface area contributed by atoms with Gasteiger partial charge in [-0.1, -0.05) is 12.1 Å². The van der Waals surface area contributed by atoms with Crippen LogP contribution in [0.5, 0.6) is 23.0 Å². The summed E-state index contributed by atoms with van der Waals surface area (Å²) in [6.07, 6.45) is -1.48. The maximum Gasteiger partial charge on any atom is 0.348 e. The number of hydrogen-bond donors (Lipinski definition) is 6. The molecule has 0 saturated carbocycles. The van der Waals surface area contributed by atoms with Crippen molar-refractivity contribution in [3.05, 3.63) is 53.6 Å². The first-order valence-corrected chi connectivity index (χ1v) is 7.52. The fourth-order valence-electron chi connectivity index (χ4n) is 2.19. The summed E-state index contributed by atoms with van der Waals surface area (Å²) in [7, 11) is 0. The minimum atomic E-state index is -1.83. The van der Waals surface area contributed by atoms with Gasteiger partial charge in [-0.2, -0.15) is 0 Å². The molecule has 2 atom stereocenters. The molecule has 0 radical (unpaired) electrons. The van der Waals surface area contributed by atoms with Crippen molar-refractivity contribution in [3.63, 3.8) is 0 Å². The molecular weight excluding hydrogens is 360 g/mol. The van der Waals surface area contributed by atoms with Crippen LogP contribution in [0.1, 0.15) is 17.2 Å². The lowest BCUT2D eigenvalue weighted by Gasteiger charge is -2.21. The van der Waals surface area contributed by atoms with E-state index in [2.05, 4.69) is 0 Å². The number of phenolic OH excluding ortho intramolecular Hbond substituents is 3. The van der Waals surface area contributed by atoms with Gasteiger partial charge in [-0.3, -0.25) is 0 Å². The molecule has 9 nitrogen and oxygen atoms in total. The van der Waals surface area contributed by atoms with Crippen LogP contribution in [-0.4, -0.2) is 48.7 Å². The number of aliphatic hydroxyl groups is 1. The lowest BCUT2D eigenvalue weighted by molar-refractivity contribution is -0.150. The van der Waals surface area contributed by atoms with Gasteiger partial charge in [0.2, 0.25) is 6.10 Å². The Bertz CT molecular complexity index is 888. The molecule has 9 heteroatoms. The van der Waals surface area contributed by atoms with Crippen molar-refractivity contribution < 1.29 is 45.0 Å². The van der Waals surface area contributed by atoms with Gasteiger partial charge in [0.25, 0.3) is 0 Å². The van der Waals surface area contributed by atoms with Crippen LogP contribution in [0.3, 0.4) is 0 Å². The molecule has 142 valence electrons. The van der Waals surface area contributed by atoms with E-state index in [-0.39, 0.29) is 11.3 Å². The van der Waals surface area contributed by atoms with Gasteiger partial charge in [-0.15, -0.1) is 0 Å². The first-order chi connectivity index (χ1) is 12.7. The summed E-state index contributed by atoms with van der Waals surface area (Å²) >= 11 is 0. The fraction of sp³-hybridized carbons (Fsp3) is 0.111. The molecule has 2 rings (SSSR count). The molecule has 0 fully saturated rings. The summed E-state index contributed by atoms with van der Waals surface area (Å²) in [6, 6.07) is 7.03. The molecule has 2 aromatic rings. The number of aromatic hydroxyl groups is 3. The molecule has 0 amide bonds. The van der Waals surface area contributed by atoms with Gasteiger partial charge in [0, 0.05) is 6.08 Å². The van der Waals surface area contributed by atoms with Crippen molar-refractivity contribution >= 4 is 18.0 Å². The van der Waals surface area contributed by atoms with Gasteiger partial charge in [-0.05, 0) is 41.5 Å². The number of phenols is 3. The van der Waals surface area contributed by atoms with E-state index in [1.807, 2.05) is 0 Å². The second kappa shape index (κ2) is 8.11. The van der Waals surface area contributed by atoms with Crippen LogP contribution in [0.2, 0.25) is 0 Å². The number of carboxylic acids is 2. The third-order valence-corrected chi connectivity index (χ3v) is 3.53. The third-order valence-electron chi connectivity index (χ3n) is 3.53. The smallest absolute Gasteiger partial charge is 0.348 e. The summed E-state index contributed by atoms with van der Waals surface area (Å²) in [5.74, 6) is -4.42. The molecule has 0 saturated heterocycles. The fourth-order valence-corrected chi connectivity index (χ4v) is 2.19. The summed E-state index contributed by atoms with van der Waals surface area (Å²) in [5, 5.41) is 56.9. The molecule has 27 heavy (non-hydrogen) atoms. The molecule has 0 aliphatic heterocycles. The Hall–Kier alpha value is -3.72. The predicted molar refractivity (Wildman–Crippen MR) is 91.6 cm³/mol. The van der Waals surface area contributed by atoms with E-state index in [0.717, 1.165) is 24.3 Å². The number of aliphatic carboxylic acids is 2. The van der Waals surface area contributed by atoms with Crippen LogP contribution in [0.25, 0.3) is 6.08 Å². The van der Waals surface area contributed by atoms with Crippen LogP contribution in [-0.2, 0) is 9.59 Å². The maximum absolute atomic E-state index is 11.5. The average Bonchev–Trinajstić information content (AvgIpc) is 2.60. The zero-order valence-electron chi connectivity index (χ0n) is 13.7. The number of aliphatic hydroxyl groups excluding tert-OH is 1. The molecule has 0 bridgehead atoms. The summed E-state index contributed by atoms with van der Waals surface area (Å²) in [4.78, 5) is 22.0. The first kappa shape index (κ1) is 19.6. The van der Waals surface area contributed by atoms with E-state index < -0.39 is 41.4 Å². The number of benzene rings is 2. The molecule has 0 aromatic heterocycles. The molecule has 2 aromatic carbocycles. The summed E-state index contributed by atoms with van der Waals surface area (Å²) < 4.78 is 5.19. The van der Waals surface area contributed by atoms with Crippen LogP contribution in [0, 0.1) is 0 Å². The van der Waals surface area contributed by atoms with Crippen LogP contribution >= 0.6 is 0 Å². The van der Waals surface area contributed by atoms with Gasteiger partial charge in [0.1, 0.15) is 6.10 Å². The Morgan fingerprint density at radius 1 is 0.926 bits per heavy atom. The minimum absolute atomic E-state index is 0.0294. The Labute approximate surface area is 152 Å². The minimum Gasteiger partial charge on any atom is -0.504 e. The average molecular weight is 376 g/mol. The Kier molecular flexibility index (Phi) is 5.89. The van der Waals surface area contributed by atoms with Crippen molar-refractivity contribution in [3.8, 4) is 23.0 Å². The number of rotatable bonds is 7. The Balaban J connectivity index is 2.26. The summed E-state index contributed by atoms with van der Waals surface area (Å²) in [5.41, 5.74) is 0.302. The zero-order chi connectivity index (χ0) is 20.1. The largest absolute Gasteiger partial charge is 0.504 e. The SMILES string of the molecule is O=C(O)C=Cc1ccc(OC(C(=O)O)C(O)c2ccc(O)c(O)c2)c(O)c1. The summed E-state index contributed by atoms with van der Waals surface area (Å²) in [6.45, 7) is 0. The van der Waals surface area contributed by atoms with Gasteiger partial charge in [0.05, 0.1) is 0 Å². The van der Waals surface area contributed by atoms with Crippen molar-refractivity contribution in [2.45, 2.75) is 12.2 Å². The van der Waals surface area contributed by atoms with Crippen molar-refractivity contribution in [1.29, 1.82) is 0 Å². The monoisotopic (exact) mass is 376 g/mol. The molecule has 0 aliphatic rings. The molecule has 0 spiro atoms. The number of carbonyl (C=O) groups is 2. The van der Waals surface area contributed by atoms with E-state index in [9.17, 15) is 35.1 Å². The predicted octanol–water partition coefficient (Wildman–Crippen LogP) is 1.47. The highest BCUT2D eigenvalue weighted by atomic mass is 16.5. The van der Waals surface area contributed by atoms with Gasteiger partial charge < -0.3 is 35.4 Å². The zero-order valence-corrected chi connectivity index (χ0v) is 13.7. The first-order valence-electron chi connectivity index (χ1n) is 7.52. The van der Waals surface area contributed by atoms with E-state index in [1.165, 1.54) is 24.3 Å². The normalized spacial score (nSPS) is 13.2. The lowest BCUT2D eigenvalue weighted by Crippen LogP contribution is -2.33. The lowest BCUT2D eigenvalue weighted by atomic mass is 10.0. The highest BCUT2D eigenvalue weighted by molar-refractivity contribution is 5.85. The Morgan fingerprint density at radius 3 is 2.19 bits per heavy atom. The van der Waals surface area contributed by atoms with E-state index in [1.54, 1.807) is 0 Å². The van der Waals surface area contributed by atoms with Crippen LogP contribution in [0.15, 0.2) is 42.5 Å². The van der Waals surface area contributed by atoms with Crippen molar-refractivity contribution in [1.82, 2.24) is 0 Å². The number of carboxylic acid groups (broad SMARTS) is 2. The van der Waals surface area contributed by atoms with Crippen LogP contribution < -0.4 is 4.74 Å². The Morgan fingerprint density at radius 2 is 1.63 bits per heavy atom. The molecule has 0 heterocycles. The molecular formula is C18H16O9. The van der Waals surface area contributed by atoms with E-state index in [0.29, 0.717) is 5.56 Å². The second-order valence-corrected chi connectivity index (χ2v) is 5.47. The molecule has 2 unspecified atom stereocenters. The topological polar surface area (TPSA) is 165 Å². The molecule has 6 N–H and O–H groups in total. The van der Waals surface area contributed by atoms with Crippen molar-refractivity contribution in [2.24, 2.45) is 0 Å². The third kappa shape index (κ3) is 4.89. The maximum atomic E-state index is 11.5. The van der Waals surface area contributed by atoms with E-state index >= 15 is 0 Å². The van der Waals surface area contributed by atoms with E-state index in [4.69, 9.17) is 9.84 Å². The second-order valence-electron chi connectivity index (χ2n) is 5.47. The van der Waals surface area contributed by atoms with Crippen molar-refractivity contribution in [2.75, 3.05) is 0 Å². The quantitative estimate of drug-likeness (QED) is 0.310. The van der Waals surface area contributed by atoms with Gasteiger partial charge >= 0.3 is 11.9 Å². The molecule has 0 aliphatic carbocycles. The van der Waals surface area contributed by atoms with Crippen LogP contribution in [0.4, 0.5) is 0 Å². The van der Waals surface area contributed by atoms with Gasteiger partial charge in [0.15, 0.2) is 23.0 Å². The number of hydrogen-bond acceptors (Lipinski definition) is 7. The van der Waals surface area contributed by atoms with Gasteiger partial charge in [-0.25, -0.2) is 9.59 Å². The highest BCUT2D eigenvalue weighted by Crippen LogP contribution is 2.33. The highest BCUT2D eigenvalue weighted by Gasteiger charge is 2.31. The number of ether oxygens (including phenoxy) is 1. The standard InChI is InChI=1S/C18H16O9/c19-11-4-3-10(8-12(11)20)16(24)17(18(25)26)27-14-5-1-9(7-13(14)21)2-6-15(22)23/h1-8,16-17,19-21,24H,(H,22,23)(H,25,26).